The van der Waals surface area contributed by atoms with Crippen molar-refractivity contribution in [3.05, 3.63) is 70.5 Å². The van der Waals surface area contributed by atoms with Crippen LogP contribution in [0.15, 0.2) is 42.5 Å². The topological polar surface area (TPSA) is 12.0 Å². The molecule has 0 saturated carbocycles. The van der Waals surface area contributed by atoms with Gasteiger partial charge in [-0.05, 0) is 29.7 Å². The lowest BCUT2D eigenvalue weighted by Gasteiger charge is -2.15. The van der Waals surface area contributed by atoms with E-state index in [2.05, 4.69) is 24.4 Å². The molecule has 0 amide bonds. The van der Waals surface area contributed by atoms with Crippen molar-refractivity contribution in [1.29, 1.82) is 0 Å². The third-order valence-electron chi connectivity index (χ3n) is 3.45. The molecule has 0 fully saturated rings. The zero-order chi connectivity index (χ0) is 11.8. The van der Waals surface area contributed by atoms with Crippen LogP contribution in [0.4, 0.5) is 4.39 Å². The van der Waals surface area contributed by atoms with Gasteiger partial charge < -0.3 is 5.32 Å². The number of nitrogens with one attached hydrogen (secondary N) is 1. The molecule has 2 heteroatoms. The highest BCUT2D eigenvalue weighted by molar-refractivity contribution is 5.44. The molecule has 1 heterocycles. The molecule has 1 nitrogen and oxygen atoms in total. The van der Waals surface area contributed by atoms with Gasteiger partial charge in [0.25, 0.3) is 0 Å². The molecule has 3 rings (SSSR count). The summed E-state index contributed by atoms with van der Waals surface area (Å²) in [6, 6.07) is 13.7. The largest absolute Gasteiger partial charge is 0.302 e. The summed E-state index contributed by atoms with van der Waals surface area (Å²) in [6.07, 6.45) is 0. The molecule has 0 spiro atoms. The van der Waals surface area contributed by atoms with E-state index in [1.165, 1.54) is 17.2 Å². The van der Waals surface area contributed by atoms with Gasteiger partial charge in [-0.25, -0.2) is 4.39 Å². The van der Waals surface area contributed by atoms with Crippen LogP contribution >= 0.6 is 0 Å². The molecule has 86 valence electrons. The summed E-state index contributed by atoms with van der Waals surface area (Å²) in [5, 5.41) is 3.38. The Labute approximate surface area is 100 Å². The van der Waals surface area contributed by atoms with Crippen molar-refractivity contribution >= 4 is 0 Å². The summed E-state index contributed by atoms with van der Waals surface area (Å²) in [5.74, 6) is -0.105. The summed E-state index contributed by atoms with van der Waals surface area (Å²) in [4.78, 5) is 0. The van der Waals surface area contributed by atoms with Crippen LogP contribution in [0.5, 0.6) is 0 Å². The van der Waals surface area contributed by atoms with Gasteiger partial charge in [-0.1, -0.05) is 36.4 Å². The third-order valence-corrected chi connectivity index (χ3v) is 3.45. The third kappa shape index (κ3) is 1.65. The molecule has 0 aromatic heterocycles. The molecule has 1 N–H and O–H groups in total. The van der Waals surface area contributed by atoms with E-state index in [9.17, 15) is 4.39 Å². The predicted octanol–water partition coefficient (Wildman–Crippen LogP) is 3.33. The number of fused-ring (bicyclic) bond motifs is 1. The Morgan fingerprint density at radius 1 is 1.06 bits per heavy atom. The normalized spacial score (nSPS) is 18.1. The van der Waals surface area contributed by atoms with Crippen LogP contribution in [0, 0.1) is 12.7 Å². The first kappa shape index (κ1) is 10.5. The molecule has 0 radical (unpaired) electrons. The molecule has 1 unspecified atom stereocenters. The van der Waals surface area contributed by atoms with Crippen LogP contribution in [-0.2, 0) is 6.54 Å². The number of aryl methyl sites for hydroxylation is 1. The second kappa shape index (κ2) is 3.97. The molecule has 1 aliphatic heterocycles. The van der Waals surface area contributed by atoms with E-state index in [0.29, 0.717) is 6.54 Å². The molecular formula is C15H14FN. The van der Waals surface area contributed by atoms with Crippen molar-refractivity contribution in [1.82, 2.24) is 5.32 Å². The van der Waals surface area contributed by atoms with Crippen molar-refractivity contribution in [2.24, 2.45) is 0 Å². The maximum absolute atomic E-state index is 13.6. The second-order valence-electron chi connectivity index (χ2n) is 4.48. The molecule has 2 aromatic rings. The van der Waals surface area contributed by atoms with Gasteiger partial charge >= 0.3 is 0 Å². The zero-order valence-electron chi connectivity index (χ0n) is 9.70. The second-order valence-corrected chi connectivity index (χ2v) is 4.48. The summed E-state index contributed by atoms with van der Waals surface area (Å²) < 4.78 is 13.6. The Hall–Kier alpha value is -1.67. The van der Waals surface area contributed by atoms with Gasteiger partial charge in [0, 0.05) is 12.1 Å². The van der Waals surface area contributed by atoms with E-state index >= 15 is 0 Å². The monoisotopic (exact) mass is 227 g/mol. The standard InChI is InChI=1S/C15H14FN/c1-10-5-2-3-6-11(10)15-12-7-4-8-14(16)13(12)9-17-15/h2-8,15,17H,9H2,1H3. The quantitative estimate of drug-likeness (QED) is 0.788. The highest BCUT2D eigenvalue weighted by atomic mass is 19.1. The number of hydrogen-bond donors (Lipinski definition) is 1. The van der Waals surface area contributed by atoms with Crippen molar-refractivity contribution < 1.29 is 4.39 Å². The van der Waals surface area contributed by atoms with Gasteiger partial charge in [0.2, 0.25) is 0 Å². The lowest BCUT2D eigenvalue weighted by molar-refractivity contribution is 0.604. The van der Waals surface area contributed by atoms with E-state index in [1.807, 2.05) is 18.2 Å². The Kier molecular flexibility index (Phi) is 2.45. The fourth-order valence-corrected chi connectivity index (χ4v) is 2.53. The van der Waals surface area contributed by atoms with Crippen LogP contribution in [0.25, 0.3) is 0 Å². The lowest BCUT2D eigenvalue weighted by Crippen LogP contribution is -2.14. The fraction of sp³-hybridized carbons (Fsp3) is 0.200. The van der Waals surface area contributed by atoms with Crippen LogP contribution < -0.4 is 5.32 Å². The molecule has 0 bridgehead atoms. The van der Waals surface area contributed by atoms with E-state index in [-0.39, 0.29) is 11.9 Å². The molecule has 0 saturated heterocycles. The average Bonchev–Trinajstić information content (AvgIpc) is 2.75. The number of rotatable bonds is 1. The molecule has 2 aromatic carbocycles. The van der Waals surface area contributed by atoms with Gasteiger partial charge in [0.15, 0.2) is 0 Å². The van der Waals surface area contributed by atoms with E-state index in [0.717, 1.165) is 11.1 Å². The summed E-state index contributed by atoms with van der Waals surface area (Å²) in [7, 11) is 0. The molecular weight excluding hydrogens is 213 g/mol. The molecule has 1 atom stereocenters. The highest BCUT2D eigenvalue weighted by Crippen LogP contribution is 2.33. The number of benzene rings is 2. The van der Waals surface area contributed by atoms with Gasteiger partial charge in [0.1, 0.15) is 5.82 Å². The molecule has 17 heavy (non-hydrogen) atoms. The SMILES string of the molecule is Cc1ccccc1C1NCc2c(F)cccc21. The first-order chi connectivity index (χ1) is 8.27. The Bertz CT molecular complexity index is 563. The summed E-state index contributed by atoms with van der Waals surface area (Å²) in [5.41, 5.74) is 4.35. The van der Waals surface area contributed by atoms with Crippen molar-refractivity contribution in [2.45, 2.75) is 19.5 Å². The summed E-state index contributed by atoms with van der Waals surface area (Å²) >= 11 is 0. The average molecular weight is 227 g/mol. The lowest BCUT2D eigenvalue weighted by atomic mass is 9.95. The molecule has 0 aliphatic carbocycles. The number of halogens is 1. The smallest absolute Gasteiger partial charge is 0.128 e. The van der Waals surface area contributed by atoms with Gasteiger partial charge in [-0.3, -0.25) is 0 Å². The van der Waals surface area contributed by atoms with Gasteiger partial charge in [-0.15, -0.1) is 0 Å². The highest BCUT2D eigenvalue weighted by Gasteiger charge is 2.26. The van der Waals surface area contributed by atoms with E-state index in [1.54, 1.807) is 6.07 Å². The fourth-order valence-electron chi connectivity index (χ4n) is 2.53. The van der Waals surface area contributed by atoms with Crippen molar-refractivity contribution in [2.75, 3.05) is 0 Å². The first-order valence-electron chi connectivity index (χ1n) is 5.83. The van der Waals surface area contributed by atoms with Crippen molar-refractivity contribution in [3.63, 3.8) is 0 Å². The van der Waals surface area contributed by atoms with Gasteiger partial charge in [0.05, 0.1) is 6.04 Å². The molecule has 1 aliphatic rings. The Balaban J connectivity index is 2.11. The Morgan fingerprint density at radius 2 is 1.82 bits per heavy atom. The zero-order valence-corrected chi connectivity index (χ0v) is 9.70. The predicted molar refractivity (Wildman–Crippen MR) is 66.3 cm³/mol. The van der Waals surface area contributed by atoms with E-state index in [4.69, 9.17) is 0 Å². The maximum atomic E-state index is 13.6. The van der Waals surface area contributed by atoms with Crippen LogP contribution in [0.1, 0.15) is 28.3 Å². The minimum Gasteiger partial charge on any atom is -0.302 e. The van der Waals surface area contributed by atoms with E-state index < -0.39 is 0 Å². The van der Waals surface area contributed by atoms with Crippen molar-refractivity contribution in [3.8, 4) is 0 Å². The first-order valence-corrected chi connectivity index (χ1v) is 5.83. The minimum absolute atomic E-state index is 0.105. The minimum atomic E-state index is -0.105. The van der Waals surface area contributed by atoms with Crippen LogP contribution in [0.3, 0.4) is 0 Å². The maximum Gasteiger partial charge on any atom is 0.128 e. The van der Waals surface area contributed by atoms with Gasteiger partial charge in [-0.2, -0.15) is 0 Å². The number of hydrogen-bond acceptors (Lipinski definition) is 1. The van der Waals surface area contributed by atoms with Crippen LogP contribution in [0.2, 0.25) is 0 Å². The van der Waals surface area contributed by atoms with Crippen LogP contribution in [-0.4, -0.2) is 0 Å². The Morgan fingerprint density at radius 3 is 2.65 bits per heavy atom. The summed E-state index contributed by atoms with van der Waals surface area (Å²) in [6.45, 7) is 2.70.